The van der Waals surface area contributed by atoms with Crippen LogP contribution in [0.25, 0.3) is 0 Å². The summed E-state index contributed by atoms with van der Waals surface area (Å²) >= 11 is 1.77. The van der Waals surface area contributed by atoms with Gasteiger partial charge in [-0.2, -0.15) is 0 Å². The maximum absolute atomic E-state index is 5.02. The van der Waals surface area contributed by atoms with Crippen molar-refractivity contribution in [2.24, 2.45) is 0 Å². The van der Waals surface area contributed by atoms with Gasteiger partial charge in [-0.05, 0) is 23.9 Å². The van der Waals surface area contributed by atoms with Crippen LogP contribution in [-0.4, -0.2) is 12.1 Å². The van der Waals surface area contributed by atoms with E-state index in [0.717, 1.165) is 12.1 Å². The van der Waals surface area contributed by atoms with Crippen LogP contribution in [0, 0.1) is 0 Å². The van der Waals surface area contributed by atoms with E-state index in [0.29, 0.717) is 11.9 Å². The molecule has 0 saturated carbocycles. The fourth-order valence-electron chi connectivity index (χ4n) is 1.55. The van der Waals surface area contributed by atoms with E-state index in [1.54, 1.807) is 18.4 Å². The number of aromatic nitrogens is 1. The average Bonchev–Trinajstić information content (AvgIpc) is 2.90. The van der Waals surface area contributed by atoms with Crippen molar-refractivity contribution < 1.29 is 4.74 Å². The van der Waals surface area contributed by atoms with Gasteiger partial charge in [0.05, 0.1) is 7.11 Å². The first kappa shape index (κ1) is 12.1. The van der Waals surface area contributed by atoms with Crippen LogP contribution >= 0.6 is 11.3 Å². The zero-order valence-electron chi connectivity index (χ0n) is 10.0. The minimum Gasteiger partial charge on any atom is -0.481 e. The quantitative estimate of drug-likeness (QED) is 0.883. The van der Waals surface area contributed by atoms with Crippen molar-refractivity contribution in [1.29, 1.82) is 0 Å². The lowest BCUT2D eigenvalue weighted by Gasteiger charge is -2.11. The predicted molar refractivity (Wildman–Crippen MR) is 70.4 cm³/mol. The second-order valence-corrected chi connectivity index (χ2v) is 4.81. The molecule has 2 aromatic rings. The van der Waals surface area contributed by atoms with Gasteiger partial charge in [0.15, 0.2) is 0 Å². The molecule has 1 N–H and O–H groups in total. The summed E-state index contributed by atoms with van der Waals surface area (Å²) in [6.45, 7) is 2.98. The summed E-state index contributed by atoms with van der Waals surface area (Å²) in [7, 11) is 1.62. The Morgan fingerprint density at radius 3 is 2.88 bits per heavy atom. The van der Waals surface area contributed by atoms with E-state index in [2.05, 4.69) is 34.7 Å². The first-order valence-corrected chi connectivity index (χ1v) is 6.43. The maximum atomic E-state index is 5.02. The van der Waals surface area contributed by atoms with Gasteiger partial charge < -0.3 is 10.1 Å². The highest BCUT2D eigenvalue weighted by Crippen LogP contribution is 2.18. The molecule has 0 aromatic carbocycles. The van der Waals surface area contributed by atoms with Crippen LogP contribution in [0.1, 0.15) is 23.4 Å². The number of nitrogens with one attached hydrogen (secondary N) is 1. The molecule has 2 aromatic heterocycles. The standard InChI is InChI=1S/C13H16N2OS/c1-10(12-4-3-7-17-12)14-8-11-5-6-13(16-2)15-9-11/h3-7,9-10,14H,8H2,1-2H3/t10-/m0/s1. The van der Waals surface area contributed by atoms with Gasteiger partial charge in [-0.15, -0.1) is 11.3 Å². The Kier molecular flexibility index (Phi) is 4.12. The van der Waals surface area contributed by atoms with E-state index in [1.807, 2.05) is 18.3 Å². The minimum absolute atomic E-state index is 0.372. The lowest BCUT2D eigenvalue weighted by atomic mass is 10.2. The Morgan fingerprint density at radius 1 is 1.41 bits per heavy atom. The fourth-order valence-corrected chi connectivity index (χ4v) is 2.30. The lowest BCUT2D eigenvalue weighted by molar-refractivity contribution is 0.397. The highest BCUT2D eigenvalue weighted by molar-refractivity contribution is 7.10. The van der Waals surface area contributed by atoms with E-state index in [4.69, 9.17) is 4.74 Å². The van der Waals surface area contributed by atoms with Gasteiger partial charge in [0.25, 0.3) is 0 Å². The molecule has 0 fully saturated rings. The van der Waals surface area contributed by atoms with E-state index >= 15 is 0 Å². The molecule has 0 aliphatic heterocycles. The van der Waals surface area contributed by atoms with Crippen molar-refractivity contribution in [3.8, 4) is 5.88 Å². The summed E-state index contributed by atoms with van der Waals surface area (Å²) < 4.78 is 5.02. The Balaban J connectivity index is 1.89. The molecule has 0 spiro atoms. The number of nitrogens with zero attached hydrogens (tertiary/aromatic N) is 1. The van der Waals surface area contributed by atoms with Crippen LogP contribution < -0.4 is 10.1 Å². The SMILES string of the molecule is COc1ccc(CN[C@@H](C)c2cccs2)cn1. The number of methoxy groups -OCH3 is 1. The Hall–Kier alpha value is -1.39. The Morgan fingerprint density at radius 2 is 2.29 bits per heavy atom. The first-order valence-electron chi connectivity index (χ1n) is 5.55. The van der Waals surface area contributed by atoms with Gasteiger partial charge >= 0.3 is 0 Å². The first-order chi connectivity index (χ1) is 8.29. The van der Waals surface area contributed by atoms with Crippen LogP contribution in [0.4, 0.5) is 0 Å². The summed E-state index contributed by atoms with van der Waals surface area (Å²) in [5, 5.41) is 5.57. The molecule has 0 amide bonds. The Labute approximate surface area is 105 Å². The van der Waals surface area contributed by atoms with E-state index < -0.39 is 0 Å². The van der Waals surface area contributed by atoms with Gasteiger partial charge in [0, 0.05) is 29.7 Å². The molecule has 90 valence electrons. The fraction of sp³-hybridized carbons (Fsp3) is 0.308. The second-order valence-electron chi connectivity index (χ2n) is 3.83. The van der Waals surface area contributed by atoms with Gasteiger partial charge in [-0.25, -0.2) is 4.98 Å². The van der Waals surface area contributed by atoms with Crippen LogP contribution in [0.15, 0.2) is 35.8 Å². The number of ether oxygens (including phenoxy) is 1. The summed E-state index contributed by atoms with van der Waals surface area (Å²) in [5.41, 5.74) is 1.16. The minimum atomic E-state index is 0.372. The third-order valence-electron chi connectivity index (χ3n) is 2.59. The van der Waals surface area contributed by atoms with Crippen molar-refractivity contribution in [3.63, 3.8) is 0 Å². The Bertz CT molecular complexity index is 439. The molecule has 2 rings (SSSR count). The normalized spacial score (nSPS) is 12.4. The van der Waals surface area contributed by atoms with Crippen LogP contribution in [0.3, 0.4) is 0 Å². The molecule has 0 saturated heterocycles. The number of thiophene rings is 1. The maximum Gasteiger partial charge on any atom is 0.212 e. The van der Waals surface area contributed by atoms with Gasteiger partial charge in [0.2, 0.25) is 5.88 Å². The molecule has 0 unspecified atom stereocenters. The highest BCUT2D eigenvalue weighted by atomic mass is 32.1. The number of hydrogen-bond acceptors (Lipinski definition) is 4. The molecular formula is C13H16N2OS. The van der Waals surface area contributed by atoms with Gasteiger partial charge in [0.1, 0.15) is 0 Å². The van der Waals surface area contributed by atoms with Crippen molar-refractivity contribution in [2.45, 2.75) is 19.5 Å². The molecule has 1 atom stereocenters. The highest BCUT2D eigenvalue weighted by Gasteiger charge is 2.05. The third kappa shape index (κ3) is 3.28. The third-order valence-corrected chi connectivity index (χ3v) is 3.64. The molecule has 3 nitrogen and oxygen atoms in total. The molecular weight excluding hydrogens is 232 g/mol. The summed E-state index contributed by atoms with van der Waals surface area (Å²) in [6.07, 6.45) is 1.84. The summed E-state index contributed by atoms with van der Waals surface area (Å²) in [6, 6.07) is 8.51. The molecule has 0 radical (unpaired) electrons. The van der Waals surface area contributed by atoms with E-state index in [-0.39, 0.29) is 0 Å². The second kappa shape index (κ2) is 5.80. The number of rotatable bonds is 5. The van der Waals surface area contributed by atoms with Crippen LogP contribution in [0.2, 0.25) is 0 Å². The van der Waals surface area contributed by atoms with E-state index in [1.165, 1.54) is 4.88 Å². The molecule has 0 aliphatic rings. The largest absolute Gasteiger partial charge is 0.481 e. The molecule has 0 bridgehead atoms. The average molecular weight is 248 g/mol. The smallest absolute Gasteiger partial charge is 0.212 e. The van der Waals surface area contributed by atoms with Crippen LogP contribution in [-0.2, 0) is 6.54 Å². The van der Waals surface area contributed by atoms with Crippen LogP contribution in [0.5, 0.6) is 5.88 Å². The molecule has 2 heterocycles. The molecule has 4 heteroatoms. The zero-order chi connectivity index (χ0) is 12.1. The van der Waals surface area contributed by atoms with Gasteiger partial charge in [-0.3, -0.25) is 0 Å². The van der Waals surface area contributed by atoms with Crippen molar-refractivity contribution in [1.82, 2.24) is 10.3 Å². The molecule has 0 aliphatic carbocycles. The van der Waals surface area contributed by atoms with Crippen molar-refractivity contribution in [3.05, 3.63) is 46.3 Å². The topological polar surface area (TPSA) is 34.1 Å². The lowest BCUT2D eigenvalue weighted by Crippen LogP contribution is -2.17. The van der Waals surface area contributed by atoms with Crippen molar-refractivity contribution >= 4 is 11.3 Å². The number of pyridine rings is 1. The summed E-state index contributed by atoms with van der Waals surface area (Å²) in [5.74, 6) is 0.653. The summed E-state index contributed by atoms with van der Waals surface area (Å²) in [4.78, 5) is 5.53. The van der Waals surface area contributed by atoms with Gasteiger partial charge in [-0.1, -0.05) is 12.1 Å². The van der Waals surface area contributed by atoms with E-state index in [9.17, 15) is 0 Å². The zero-order valence-corrected chi connectivity index (χ0v) is 10.8. The predicted octanol–water partition coefficient (Wildman–Crippen LogP) is 3.00. The van der Waals surface area contributed by atoms with Crippen molar-refractivity contribution in [2.75, 3.05) is 7.11 Å². The monoisotopic (exact) mass is 248 g/mol. The molecule has 17 heavy (non-hydrogen) atoms. The number of hydrogen-bond donors (Lipinski definition) is 1.